The van der Waals surface area contributed by atoms with Gasteiger partial charge in [0.15, 0.2) is 0 Å². The zero-order valence-corrected chi connectivity index (χ0v) is 5.85. The van der Waals surface area contributed by atoms with Crippen LogP contribution in [0.2, 0.25) is 0 Å². The first-order chi connectivity index (χ1) is 5.22. The number of ketones is 1. The second kappa shape index (κ2) is 3.46. The molecule has 0 atom stereocenters. The third-order valence-corrected chi connectivity index (χ3v) is 1.45. The Hall–Kier alpha value is -0.930. The highest BCUT2D eigenvalue weighted by molar-refractivity contribution is 5.97. The van der Waals surface area contributed by atoms with Gasteiger partial charge in [0.1, 0.15) is 0 Å². The third kappa shape index (κ3) is 2.00. The average Bonchev–Trinajstić information content (AvgIpc) is 2.05. The fourth-order valence-electron chi connectivity index (χ4n) is 0.886. The number of hydrogen-bond donors (Lipinski definition) is 0. The molecule has 4 heteroatoms. The van der Waals surface area contributed by atoms with E-state index in [-0.39, 0.29) is 5.57 Å². The molecule has 0 aromatic heterocycles. The first-order valence-corrected chi connectivity index (χ1v) is 3.35. The highest BCUT2D eigenvalue weighted by atomic mass is 19.3. The maximum Gasteiger partial charge on any atom is 0.300 e. The summed E-state index contributed by atoms with van der Waals surface area (Å²) in [4.78, 5) is 10.6. The van der Waals surface area contributed by atoms with Crippen molar-refractivity contribution < 1.29 is 18.3 Å². The van der Waals surface area contributed by atoms with Crippen LogP contribution in [0.4, 0.5) is 8.78 Å². The number of rotatable bonds is 2. The molecule has 0 aromatic rings. The van der Waals surface area contributed by atoms with Crippen molar-refractivity contribution in [3.63, 3.8) is 0 Å². The van der Waals surface area contributed by atoms with Crippen molar-refractivity contribution >= 4 is 5.78 Å². The summed E-state index contributed by atoms with van der Waals surface area (Å²) in [6.07, 6.45) is -0.714. The van der Waals surface area contributed by atoms with E-state index in [2.05, 4.69) is 0 Å². The molecule has 1 rings (SSSR count). The van der Waals surface area contributed by atoms with Crippen molar-refractivity contribution in [2.75, 3.05) is 6.61 Å². The van der Waals surface area contributed by atoms with Crippen LogP contribution in [0, 0.1) is 0 Å². The van der Waals surface area contributed by atoms with Gasteiger partial charge >= 0.3 is 0 Å². The van der Waals surface area contributed by atoms with Crippen molar-refractivity contribution in [2.24, 2.45) is 0 Å². The number of halogens is 2. The summed E-state index contributed by atoms with van der Waals surface area (Å²) < 4.78 is 28.3. The molecular weight excluding hydrogens is 154 g/mol. The molecule has 0 saturated carbocycles. The molecule has 2 nitrogen and oxygen atoms in total. The van der Waals surface area contributed by atoms with Gasteiger partial charge in [0.25, 0.3) is 6.43 Å². The Balaban J connectivity index is 2.58. The highest BCUT2D eigenvalue weighted by Gasteiger charge is 2.21. The van der Waals surface area contributed by atoms with Gasteiger partial charge in [-0.05, 0) is 12.8 Å². The van der Waals surface area contributed by atoms with Gasteiger partial charge in [-0.1, -0.05) is 0 Å². The monoisotopic (exact) mass is 162 g/mol. The lowest BCUT2D eigenvalue weighted by Gasteiger charge is -2.11. The minimum absolute atomic E-state index is 0.103. The third-order valence-electron chi connectivity index (χ3n) is 1.45. The summed E-state index contributed by atoms with van der Waals surface area (Å²) in [6.45, 7) is 0.514. The molecule has 0 radical (unpaired) electrons. The van der Waals surface area contributed by atoms with E-state index in [1.807, 2.05) is 0 Å². The van der Waals surface area contributed by atoms with E-state index in [0.29, 0.717) is 19.4 Å². The lowest BCUT2D eigenvalue weighted by atomic mass is 10.1. The number of carbonyl (C=O) groups excluding carboxylic acids is 1. The molecule has 1 heterocycles. The summed E-state index contributed by atoms with van der Waals surface area (Å²) in [5.41, 5.74) is 0.103. The molecular formula is C7H8F2O2. The Bertz CT molecular complexity index is 187. The van der Waals surface area contributed by atoms with E-state index in [9.17, 15) is 13.6 Å². The Morgan fingerprint density at radius 1 is 1.64 bits per heavy atom. The fraction of sp³-hybridized carbons (Fsp3) is 0.571. The lowest BCUT2D eigenvalue weighted by Crippen LogP contribution is -2.15. The van der Waals surface area contributed by atoms with Crippen LogP contribution >= 0.6 is 0 Å². The van der Waals surface area contributed by atoms with Gasteiger partial charge in [-0.25, -0.2) is 8.78 Å². The van der Waals surface area contributed by atoms with Crippen LogP contribution in [0.1, 0.15) is 12.8 Å². The van der Waals surface area contributed by atoms with Crippen molar-refractivity contribution in [2.45, 2.75) is 19.3 Å². The van der Waals surface area contributed by atoms with Crippen molar-refractivity contribution in [3.8, 4) is 0 Å². The minimum atomic E-state index is -2.90. The van der Waals surface area contributed by atoms with Crippen molar-refractivity contribution in [1.29, 1.82) is 0 Å². The molecule has 0 unspecified atom stereocenters. The Morgan fingerprint density at radius 3 is 2.82 bits per heavy atom. The number of ether oxygens (including phenoxy) is 1. The molecule has 0 aromatic carbocycles. The Morgan fingerprint density at radius 2 is 2.36 bits per heavy atom. The molecule has 0 fully saturated rings. The Kier molecular flexibility index (Phi) is 2.57. The van der Waals surface area contributed by atoms with Gasteiger partial charge < -0.3 is 4.74 Å². The van der Waals surface area contributed by atoms with Crippen molar-refractivity contribution in [1.82, 2.24) is 0 Å². The second-order valence-corrected chi connectivity index (χ2v) is 2.28. The summed E-state index contributed by atoms with van der Waals surface area (Å²) in [6, 6.07) is 0. The summed E-state index contributed by atoms with van der Waals surface area (Å²) >= 11 is 0. The summed E-state index contributed by atoms with van der Waals surface area (Å²) in [5.74, 6) is -1.11. The van der Waals surface area contributed by atoms with Gasteiger partial charge in [-0.2, -0.15) is 0 Å². The molecule has 1 aliphatic heterocycles. The van der Waals surface area contributed by atoms with Crippen LogP contribution in [0.5, 0.6) is 0 Å². The first-order valence-electron chi connectivity index (χ1n) is 3.35. The number of allylic oxidation sites excluding steroid dienone is 1. The minimum Gasteiger partial charge on any atom is -0.501 e. The quantitative estimate of drug-likeness (QED) is 0.615. The molecule has 1 aliphatic rings. The largest absolute Gasteiger partial charge is 0.501 e. The molecule has 0 aliphatic carbocycles. The van der Waals surface area contributed by atoms with Gasteiger partial charge in [0.05, 0.1) is 12.9 Å². The fourth-order valence-corrected chi connectivity index (χ4v) is 0.886. The zero-order chi connectivity index (χ0) is 8.27. The molecule has 0 N–H and O–H groups in total. The Labute approximate surface area is 62.8 Å². The van der Waals surface area contributed by atoms with E-state index in [1.54, 1.807) is 0 Å². The van der Waals surface area contributed by atoms with Crippen molar-refractivity contribution in [3.05, 3.63) is 11.8 Å². The van der Waals surface area contributed by atoms with E-state index in [4.69, 9.17) is 4.74 Å². The average molecular weight is 162 g/mol. The molecule has 11 heavy (non-hydrogen) atoms. The topological polar surface area (TPSA) is 26.3 Å². The van der Waals surface area contributed by atoms with E-state index in [0.717, 1.165) is 6.26 Å². The maximum absolute atomic E-state index is 11.8. The number of Topliss-reactive ketones (excluding diaryl/α,β-unsaturated/α-hetero) is 1. The van der Waals surface area contributed by atoms with E-state index in [1.165, 1.54) is 0 Å². The molecule has 62 valence electrons. The zero-order valence-electron chi connectivity index (χ0n) is 5.85. The maximum atomic E-state index is 11.8. The van der Waals surface area contributed by atoms with Crippen LogP contribution in [0.25, 0.3) is 0 Å². The number of alkyl halides is 2. The van der Waals surface area contributed by atoms with E-state index < -0.39 is 12.2 Å². The van der Waals surface area contributed by atoms with Gasteiger partial charge in [-0.3, -0.25) is 4.79 Å². The summed E-state index contributed by atoms with van der Waals surface area (Å²) in [5, 5.41) is 0. The lowest BCUT2D eigenvalue weighted by molar-refractivity contribution is -0.126. The SMILES string of the molecule is O=C(C1=COCCC1)C(F)F. The first kappa shape index (κ1) is 8.17. The van der Waals surface area contributed by atoms with Crippen LogP contribution in [-0.2, 0) is 9.53 Å². The number of hydrogen-bond acceptors (Lipinski definition) is 2. The summed E-state index contributed by atoms with van der Waals surface area (Å²) in [7, 11) is 0. The van der Waals surface area contributed by atoms with Gasteiger partial charge in [0, 0.05) is 5.57 Å². The number of carbonyl (C=O) groups is 1. The van der Waals surface area contributed by atoms with Crippen LogP contribution in [-0.4, -0.2) is 18.8 Å². The smallest absolute Gasteiger partial charge is 0.300 e. The van der Waals surface area contributed by atoms with Crippen LogP contribution in [0.15, 0.2) is 11.8 Å². The van der Waals surface area contributed by atoms with Crippen LogP contribution in [0.3, 0.4) is 0 Å². The standard InChI is InChI=1S/C7H8F2O2/c8-7(9)6(10)5-2-1-3-11-4-5/h4,7H,1-3H2. The normalized spacial score (nSPS) is 17.5. The van der Waals surface area contributed by atoms with Gasteiger partial charge in [0.2, 0.25) is 5.78 Å². The second-order valence-electron chi connectivity index (χ2n) is 2.28. The molecule has 0 bridgehead atoms. The van der Waals surface area contributed by atoms with E-state index >= 15 is 0 Å². The van der Waals surface area contributed by atoms with Gasteiger partial charge in [-0.15, -0.1) is 0 Å². The predicted octanol–water partition coefficient (Wildman–Crippen LogP) is 1.51. The van der Waals surface area contributed by atoms with Crippen LogP contribution < -0.4 is 0 Å². The molecule has 0 spiro atoms. The molecule has 0 amide bonds. The predicted molar refractivity (Wildman–Crippen MR) is 34.3 cm³/mol. The molecule has 0 saturated heterocycles. The highest BCUT2D eigenvalue weighted by Crippen LogP contribution is 2.15.